The molecule has 1 atom stereocenters. The van der Waals surface area contributed by atoms with Crippen LogP contribution < -0.4 is 0 Å². The van der Waals surface area contributed by atoms with Gasteiger partial charge in [-0.2, -0.15) is 0 Å². The molecule has 0 radical (unpaired) electrons. The quantitative estimate of drug-likeness (QED) is 0.616. The van der Waals surface area contributed by atoms with Crippen LogP contribution in [0, 0.1) is 6.92 Å². The molecule has 1 aromatic carbocycles. The second-order valence-corrected chi connectivity index (χ2v) is 6.57. The molecule has 1 rings (SSSR count). The van der Waals surface area contributed by atoms with Crippen molar-refractivity contribution in [1.29, 1.82) is 0 Å². The van der Waals surface area contributed by atoms with Crippen LogP contribution in [0.5, 0.6) is 0 Å². The number of ketones is 1. The van der Waals surface area contributed by atoms with Crippen LogP contribution in [0.25, 0.3) is 0 Å². The highest BCUT2D eigenvalue weighted by molar-refractivity contribution is 7.94. The molecule has 1 aromatic rings. The normalized spacial score (nSPS) is 13.4. The molecule has 0 N–H and O–H groups in total. The lowest BCUT2D eigenvalue weighted by Gasteiger charge is -2.08. The van der Waals surface area contributed by atoms with Gasteiger partial charge in [-0.15, -0.1) is 0 Å². The zero-order chi connectivity index (χ0) is 12.3. The van der Waals surface area contributed by atoms with E-state index in [0.29, 0.717) is 5.56 Å². The first kappa shape index (κ1) is 13.2. The van der Waals surface area contributed by atoms with Crippen LogP contribution in [0.15, 0.2) is 24.3 Å². The number of aryl methyl sites for hydroxylation is 1. The molecule has 0 aliphatic rings. The van der Waals surface area contributed by atoms with Crippen LogP contribution in [-0.4, -0.2) is 24.7 Å². The summed E-state index contributed by atoms with van der Waals surface area (Å²) in [5, 5.41) is 0. The highest BCUT2D eigenvalue weighted by Gasteiger charge is 2.29. The third kappa shape index (κ3) is 2.83. The van der Waals surface area contributed by atoms with Crippen molar-refractivity contribution < 1.29 is 13.2 Å². The van der Waals surface area contributed by atoms with Crippen molar-refractivity contribution >= 4 is 27.2 Å². The Morgan fingerprint density at radius 3 is 2.25 bits per heavy atom. The fraction of sp³-hybridized carbons (Fsp3) is 0.364. The second kappa shape index (κ2) is 4.97. The van der Waals surface area contributed by atoms with Gasteiger partial charge in [-0.3, -0.25) is 4.79 Å². The number of rotatable bonds is 4. The van der Waals surface area contributed by atoms with Crippen molar-refractivity contribution in [3.63, 3.8) is 0 Å². The van der Waals surface area contributed by atoms with Gasteiger partial charge in [0.25, 0.3) is 0 Å². The molecule has 0 aliphatic heterocycles. The van der Waals surface area contributed by atoms with E-state index >= 15 is 0 Å². The van der Waals surface area contributed by atoms with Crippen LogP contribution in [0.4, 0.5) is 0 Å². The highest BCUT2D eigenvalue weighted by atomic mass is 35.5. The van der Waals surface area contributed by atoms with Crippen molar-refractivity contribution in [3.8, 4) is 0 Å². The Hall–Kier alpha value is -0.870. The third-order valence-corrected chi connectivity index (χ3v) is 4.92. The van der Waals surface area contributed by atoms with Gasteiger partial charge >= 0.3 is 0 Å². The summed E-state index contributed by atoms with van der Waals surface area (Å²) in [6.45, 7) is 3.35. The van der Waals surface area contributed by atoms with Crippen molar-refractivity contribution in [3.05, 3.63) is 35.4 Å². The summed E-state index contributed by atoms with van der Waals surface area (Å²) in [5.74, 6) is -0.706. The molecule has 88 valence electrons. The molecule has 0 heterocycles. The molecule has 0 aromatic heterocycles. The summed E-state index contributed by atoms with van der Waals surface area (Å²) in [6, 6.07) is 6.65. The Bertz CT molecular complexity index is 476. The van der Waals surface area contributed by atoms with Gasteiger partial charge in [0.2, 0.25) is 0 Å². The van der Waals surface area contributed by atoms with E-state index in [2.05, 4.69) is 0 Å². The van der Waals surface area contributed by atoms with Crippen LogP contribution in [0.1, 0.15) is 22.8 Å². The first-order valence-electron chi connectivity index (χ1n) is 4.85. The van der Waals surface area contributed by atoms with E-state index in [1.807, 2.05) is 6.92 Å². The number of alkyl halides is 1. The predicted octanol–water partition coefficient (Wildman–Crippen LogP) is 2.18. The Morgan fingerprint density at radius 2 is 1.81 bits per heavy atom. The highest BCUT2D eigenvalue weighted by Crippen LogP contribution is 2.15. The second-order valence-electron chi connectivity index (χ2n) is 3.50. The van der Waals surface area contributed by atoms with Gasteiger partial charge in [0, 0.05) is 11.3 Å². The Labute approximate surface area is 100 Å². The maximum Gasteiger partial charge on any atom is 0.197 e. The van der Waals surface area contributed by atoms with E-state index in [1.165, 1.54) is 6.92 Å². The minimum Gasteiger partial charge on any atom is -0.291 e. The van der Waals surface area contributed by atoms with Gasteiger partial charge in [0.05, 0.1) is 0 Å². The van der Waals surface area contributed by atoms with Gasteiger partial charge < -0.3 is 0 Å². The fourth-order valence-electron chi connectivity index (χ4n) is 1.16. The number of sulfone groups is 1. The lowest BCUT2D eigenvalue weighted by atomic mass is 10.1. The van der Waals surface area contributed by atoms with Crippen molar-refractivity contribution in [1.82, 2.24) is 0 Å². The van der Waals surface area contributed by atoms with E-state index in [1.54, 1.807) is 24.3 Å². The number of halogens is 1. The molecule has 0 aliphatic carbocycles. The fourth-order valence-corrected chi connectivity index (χ4v) is 2.42. The molecule has 0 spiro atoms. The first-order chi connectivity index (χ1) is 7.38. The van der Waals surface area contributed by atoms with E-state index in [4.69, 9.17) is 11.6 Å². The smallest absolute Gasteiger partial charge is 0.197 e. The van der Waals surface area contributed by atoms with Crippen LogP contribution >= 0.6 is 11.6 Å². The molecular formula is C11H13ClO3S. The molecular weight excluding hydrogens is 248 g/mol. The lowest BCUT2D eigenvalue weighted by Crippen LogP contribution is -2.26. The van der Waals surface area contributed by atoms with Gasteiger partial charge in [-0.1, -0.05) is 48.4 Å². The summed E-state index contributed by atoms with van der Waals surface area (Å²) in [4.78, 5) is 11.8. The summed E-state index contributed by atoms with van der Waals surface area (Å²) < 4.78 is 21.4. The Balaban J connectivity index is 2.99. The molecule has 0 fully saturated rings. The molecule has 5 heteroatoms. The average molecular weight is 261 g/mol. The number of Topliss-reactive ketones (excluding diaryl/α,β-unsaturated/α-hetero) is 1. The van der Waals surface area contributed by atoms with E-state index < -0.39 is 20.3 Å². The van der Waals surface area contributed by atoms with E-state index in [9.17, 15) is 13.2 Å². The Kier molecular flexibility index (Phi) is 4.10. The van der Waals surface area contributed by atoms with Crippen molar-refractivity contribution in [2.45, 2.75) is 18.6 Å². The summed E-state index contributed by atoms with van der Waals surface area (Å²) in [5.41, 5.74) is 1.32. The molecule has 0 saturated carbocycles. The summed E-state index contributed by atoms with van der Waals surface area (Å²) in [7, 11) is -3.54. The van der Waals surface area contributed by atoms with E-state index in [0.717, 1.165) is 5.56 Å². The molecule has 3 nitrogen and oxygen atoms in total. The minimum absolute atomic E-state index is 0.140. The number of hydrogen-bond donors (Lipinski definition) is 0. The van der Waals surface area contributed by atoms with E-state index in [-0.39, 0.29) is 5.75 Å². The monoisotopic (exact) mass is 260 g/mol. The topological polar surface area (TPSA) is 51.2 Å². The molecule has 0 unspecified atom stereocenters. The largest absolute Gasteiger partial charge is 0.291 e. The van der Waals surface area contributed by atoms with Crippen LogP contribution in [-0.2, 0) is 9.84 Å². The average Bonchev–Trinajstić information content (AvgIpc) is 2.28. The molecule has 16 heavy (non-hydrogen) atoms. The Morgan fingerprint density at radius 1 is 1.31 bits per heavy atom. The number of hydrogen-bond acceptors (Lipinski definition) is 3. The lowest BCUT2D eigenvalue weighted by molar-refractivity contribution is 0.101. The number of carbonyl (C=O) groups excluding carboxylic acids is 1. The van der Waals surface area contributed by atoms with Gasteiger partial charge in [0.15, 0.2) is 20.3 Å². The minimum atomic E-state index is -3.54. The number of carbonyl (C=O) groups is 1. The van der Waals surface area contributed by atoms with Crippen molar-refractivity contribution in [2.24, 2.45) is 0 Å². The maximum atomic E-state index is 11.8. The summed E-state index contributed by atoms with van der Waals surface area (Å²) in [6.07, 6.45) is 0. The zero-order valence-corrected chi connectivity index (χ0v) is 10.7. The third-order valence-electron chi connectivity index (χ3n) is 2.26. The zero-order valence-electron chi connectivity index (χ0n) is 9.10. The van der Waals surface area contributed by atoms with Crippen molar-refractivity contribution in [2.75, 3.05) is 5.75 Å². The SMILES string of the molecule is CCS(=O)(=O)[C@H](Cl)C(=O)c1ccc(C)cc1. The summed E-state index contributed by atoms with van der Waals surface area (Å²) >= 11 is 5.66. The maximum absolute atomic E-state index is 11.8. The van der Waals surface area contributed by atoms with Gasteiger partial charge in [-0.25, -0.2) is 8.42 Å². The predicted molar refractivity (Wildman–Crippen MR) is 64.6 cm³/mol. The van der Waals surface area contributed by atoms with Gasteiger partial charge in [-0.05, 0) is 6.92 Å². The molecule has 0 amide bonds. The molecule has 0 bridgehead atoms. The number of benzene rings is 1. The van der Waals surface area contributed by atoms with Crippen LogP contribution in [0.2, 0.25) is 0 Å². The molecule has 0 saturated heterocycles. The standard InChI is InChI=1S/C11H13ClO3S/c1-3-16(14,15)11(12)10(13)9-6-4-8(2)5-7-9/h4-7,11H,3H2,1-2H3/t11-/m0/s1. The van der Waals surface area contributed by atoms with Gasteiger partial charge in [0.1, 0.15) is 0 Å². The van der Waals surface area contributed by atoms with Crippen LogP contribution in [0.3, 0.4) is 0 Å². The first-order valence-corrected chi connectivity index (χ1v) is 7.00.